The first-order valence-corrected chi connectivity index (χ1v) is 7.58. The molecule has 0 bridgehead atoms. The van der Waals surface area contributed by atoms with E-state index in [9.17, 15) is 4.21 Å². The van der Waals surface area contributed by atoms with Gasteiger partial charge in [0.05, 0.1) is 26.5 Å². The number of nitrogen functional groups attached to an aromatic ring is 1. The zero-order valence-corrected chi connectivity index (χ0v) is 12.4. The lowest BCUT2D eigenvalue weighted by molar-refractivity contribution is 0.682. The van der Waals surface area contributed by atoms with E-state index in [0.29, 0.717) is 21.4 Å². The van der Waals surface area contributed by atoms with Crippen LogP contribution in [0.2, 0.25) is 5.02 Å². The molecule has 0 aliphatic rings. The molecule has 0 aliphatic heterocycles. The fourth-order valence-electron chi connectivity index (χ4n) is 1.47. The minimum absolute atomic E-state index is 0.371. The van der Waals surface area contributed by atoms with Crippen LogP contribution in [0.3, 0.4) is 0 Å². The topological polar surface area (TPSA) is 56.0 Å². The average molecular weight is 346 g/mol. The minimum atomic E-state index is -1.21. The fraction of sp³-hybridized carbons (Fsp3) is 0.0833. The van der Waals surface area contributed by atoms with Gasteiger partial charge in [-0.15, -0.1) is 0 Å². The number of pyridine rings is 1. The van der Waals surface area contributed by atoms with Crippen LogP contribution in [0.4, 0.5) is 5.69 Å². The Bertz CT molecular complexity index is 606. The molecule has 0 radical (unpaired) electrons. The summed E-state index contributed by atoms with van der Waals surface area (Å²) in [5.74, 6) is 0.371. The van der Waals surface area contributed by atoms with E-state index in [1.54, 1.807) is 30.6 Å². The van der Waals surface area contributed by atoms with Crippen molar-refractivity contribution >= 4 is 44.0 Å². The highest BCUT2D eigenvalue weighted by atomic mass is 79.9. The lowest BCUT2D eigenvalue weighted by atomic mass is 10.3. The quantitative estimate of drug-likeness (QED) is 0.868. The summed E-state index contributed by atoms with van der Waals surface area (Å²) in [6.45, 7) is 0. The van der Waals surface area contributed by atoms with Crippen molar-refractivity contribution in [2.24, 2.45) is 0 Å². The van der Waals surface area contributed by atoms with Crippen molar-refractivity contribution in [2.75, 3.05) is 5.73 Å². The van der Waals surface area contributed by atoms with E-state index in [-0.39, 0.29) is 0 Å². The molecule has 0 amide bonds. The molecule has 0 saturated heterocycles. The predicted molar refractivity (Wildman–Crippen MR) is 77.9 cm³/mol. The molecule has 0 saturated carbocycles. The maximum atomic E-state index is 12.2. The van der Waals surface area contributed by atoms with Crippen LogP contribution < -0.4 is 5.73 Å². The van der Waals surface area contributed by atoms with Crippen LogP contribution in [0.1, 0.15) is 5.56 Å². The van der Waals surface area contributed by atoms with Gasteiger partial charge in [-0.25, -0.2) is 0 Å². The van der Waals surface area contributed by atoms with Gasteiger partial charge in [-0.05, 0) is 45.8 Å². The average Bonchev–Trinajstić information content (AvgIpc) is 2.28. The molecule has 6 heteroatoms. The number of rotatable bonds is 3. The molecule has 0 spiro atoms. The first-order valence-electron chi connectivity index (χ1n) is 5.09. The van der Waals surface area contributed by atoms with Crippen LogP contribution in [-0.2, 0) is 16.6 Å². The summed E-state index contributed by atoms with van der Waals surface area (Å²) < 4.78 is 13.1. The molecule has 3 nitrogen and oxygen atoms in total. The number of anilines is 1. The largest absolute Gasteiger partial charge is 0.399 e. The third-order valence-electron chi connectivity index (χ3n) is 2.26. The summed E-state index contributed by atoms with van der Waals surface area (Å²) >= 11 is 9.35. The first kappa shape index (κ1) is 13.5. The molecule has 2 rings (SSSR count). The molecule has 0 fully saturated rings. The summed E-state index contributed by atoms with van der Waals surface area (Å²) in [5.41, 5.74) is 7.05. The van der Waals surface area contributed by atoms with Crippen molar-refractivity contribution in [3.63, 3.8) is 0 Å². The van der Waals surface area contributed by atoms with E-state index in [1.165, 1.54) is 0 Å². The minimum Gasteiger partial charge on any atom is -0.399 e. The van der Waals surface area contributed by atoms with E-state index in [2.05, 4.69) is 20.9 Å². The van der Waals surface area contributed by atoms with Crippen molar-refractivity contribution in [1.82, 2.24) is 4.98 Å². The Balaban J connectivity index is 2.22. The Morgan fingerprint density at radius 1 is 1.33 bits per heavy atom. The smallest absolute Gasteiger partial charge is 0.0589 e. The van der Waals surface area contributed by atoms with Gasteiger partial charge in [-0.3, -0.25) is 9.19 Å². The number of halogens is 2. The summed E-state index contributed by atoms with van der Waals surface area (Å²) in [4.78, 5) is 4.62. The molecular formula is C12H10BrClN2OS. The Kier molecular flexibility index (Phi) is 4.37. The third-order valence-corrected chi connectivity index (χ3v) is 4.56. The highest BCUT2D eigenvalue weighted by Crippen LogP contribution is 2.24. The van der Waals surface area contributed by atoms with Gasteiger partial charge in [0.25, 0.3) is 0 Å². The third kappa shape index (κ3) is 3.31. The van der Waals surface area contributed by atoms with Gasteiger partial charge in [0, 0.05) is 22.6 Å². The summed E-state index contributed by atoms with van der Waals surface area (Å²) in [6.07, 6.45) is 3.37. The molecule has 0 aliphatic carbocycles. The monoisotopic (exact) mass is 344 g/mol. The number of nitrogens with zero attached hydrogens (tertiary/aromatic N) is 1. The normalized spacial score (nSPS) is 12.3. The Morgan fingerprint density at radius 2 is 2.11 bits per heavy atom. The molecule has 1 aromatic heterocycles. The van der Waals surface area contributed by atoms with Crippen LogP contribution in [0.15, 0.2) is 46.0 Å². The van der Waals surface area contributed by atoms with E-state index < -0.39 is 10.8 Å². The van der Waals surface area contributed by atoms with Gasteiger partial charge < -0.3 is 5.73 Å². The van der Waals surface area contributed by atoms with Gasteiger partial charge in [-0.1, -0.05) is 11.6 Å². The number of hydrogen-bond donors (Lipinski definition) is 1. The van der Waals surface area contributed by atoms with Crippen molar-refractivity contribution in [2.45, 2.75) is 10.6 Å². The second-order valence-corrected chi connectivity index (χ2v) is 6.43. The standard InChI is InChI=1S/C12H10BrClN2OS/c13-9-3-8(5-16-6-9)7-18(17)12-2-1-10(15)4-11(12)14/h1-6H,7,15H2. The molecule has 94 valence electrons. The molecule has 18 heavy (non-hydrogen) atoms. The summed E-state index contributed by atoms with van der Waals surface area (Å²) in [6, 6.07) is 6.88. The molecule has 1 unspecified atom stereocenters. The van der Waals surface area contributed by atoms with E-state index in [0.717, 1.165) is 10.0 Å². The molecule has 1 heterocycles. The zero-order chi connectivity index (χ0) is 13.1. The lowest BCUT2D eigenvalue weighted by Crippen LogP contribution is -1.98. The van der Waals surface area contributed by atoms with E-state index >= 15 is 0 Å². The Hall–Kier alpha value is -0.910. The fourth-order valence-corrected chi connectivity index (χ4v) is 3.44. The van der Waals surface area contributed by atoms with Crippen LogP contribution >= 0.6 is 27.5 Å². The van der Waals surface area contributed by atoms with Gasteiger partial charge in [0.15, 0.2) is 0 Å². The molecule has 2 N–H and O–H groups in total. The highest BCUT2D eigenvalue weighted by molar-refractivity contribution is 9.10. The zero-order valence-electron chi connectivity index (χ0n) is 9.27. The lowest BCUT2D eigenvalue weighted by Gasteiger charge is -2.05. The Labute approximate surface area is 121 Å². The van der Waals surface area contributed by atoms with Crippen LogP contribution in [0.5, 0.6) is 0 Å². The SMILES string of the molecule is Nc1ccc(S(=O)Cc2cncc(Br)c2)c(Cl)c1. The molecular weight excluding hydrogens is 336 g/mol. The van der Waals surface area contributed by atoms with Gasteiger partial charge >= 0.3 is 0 Å². The van der Waals surface area contributed by atoms with Crippen molar-refractivity contribution in [3.05, 3.63) is 51.7 Å². The van der Waals surface area contributed by atoms with Crippen LogP contribution in [-0.4, -0.2) is 9.19 Å². The maximum Gasteiger partial charge on any atom is 0.0589 e. The molecule has 1 aromatic carbocycles. The predicted octanol–water partition coefficient (Wildman–Crippen LogP) is 3.39. The van der Waals surface area contributed by atoms with Crippen molar-refractivity contribution in [1.29, 1.82) is 0 Å². The number of aromatic nitrogens is 1. The number of benzene rings is 1. The number of nitrogens with two attached hydrogens (primary N) is 1. The summed E-state index contributed by atoms with van der Waals surface area (Å²) in [7, 11) is -1.21. The van der Waals surface area contributed by atoms with Crippen LogP contribution in [0.25, 0.3) is 0 Å². The molecule has 2 aromatic rings. The summed E-state index contributed by atoms with van der Waals surface area (Å²) in [5, 5.41) is 0.427. The van der Waals surface area contributed by atoms with E-state index in [4.69, 9.17) is 17.3 Å². The Morgan fingerprint density at radius 3 is 2.78 bits per heavy atom. The first-order chi connectivity index (χ1) is 8.56. The number of hydrogen-bond acceptors (Lipinski definition) is 3. The maximum absolute atomic E-state index is 12.2. The van der Waals surface area contributed by atoms with Gasteiger partial charge in [0.2, 0.25) is 0 Å². The highest BCUT2D eigenvalue weighted by Gasteiger charge is 2.10. The van der Waals surface area contributed by atoms with Crippen LogP contribution in [0, 0.1) is 0 Å². The van der Waals surface area contributed by atoms with Crippen molar-refractivity contribution < 1.29 is 4.21 Å². The molecule has 1 atom stereocenters. The van der Waals surface area contributed by atoms with Crippen molar-refractivity contribution in [3.8, 4) is 0 Å². The van der Waals surface area contributed by atoms with Gasteiger partial charge in [0.1, 0.15) is 0 Å². The van der Waals surface area contributed by atoms with E-state index in [1.807, 2.05) is 6.07 Å². The second kappa shape index (κ2) is 5.82. The van der Waals surface area contributed by atoms with Gasteiger partial charge in [-0.2, -0.15) is 0 Å². The second-order valence-electron chi connectivity index (χ2n) is 3.69.